The van der Waals surface area contributed by atoms with Gasteiger partial charge in [0.05, 0.1) is 21.3 Å². The van der Waals surface area contributed by atoms with E-state index in [0.717, 1.165) is 36.8 Å². The quantitative estimate of drug-likeness (QED) is 0.845. The lowest BCUT2D eigenvalue weighted by atomic mass is 9.97. The summed E-state index contributed by atoms with van der Waals surface area (Å²) < 4.78 is 16.1. The van der Waals surface area contributed by atoms with E-state index in [1.807, 2.05) is 18.2 Å². The minimum atomic E-state index is 0.376. The molecule has 1 fully saturated rings. The summed E-state index contributed by atoms with van der Waals surface area (Å²) >= 11 is 0. The lowest BCUT2D eigenvalue weighted by Crippen LogP contribution is -2.20. The summed E-state index contributed by atoms with van der Waals surface area (Å²) in [4.78, 5) is 10.7. The third kappa shape index (κ3) is 3.02. The van der Waals surface area contributed by atoms with Crippen molar-refractivity contribution in [3.8, 4) is 17.4 Å². The first-order valence-corrected chi connectivity index (χ1v) is 7.58. The Morgan fingerprint density at radius 3 is 2.70 bits per heavy atom. The van der Waals surface area contributed by atoms with Crippen LogP contribution in [0.25, 0.3) is 0 Å². The Morgan fingerprint density at radius 1 is 1.09 bits per heavy atom. The zero-order valence-electron chi connectivity index (χ0n) is 13.7. The third-order valence-electron chi connectivity index (χ3n) is 4.22. The minimum absolute atomic E-state index is 0.376. The maximum Gasteiger partial charge on any atom is 0.218 e. The van der Waals surface area contributed by atoms with E-state index in [9.17, 15) is 0 Å². The van der Waals surface area contributed by atoms with Crippen LogP contribution in [-0.2, 0) is 0 Å². The number of benzene rings is 1. The summed E-state index contributed by atoms with van der Waals surface area (Å²) in [5.74, 6) is 3.44. The molecule has 6 heteroatoms. The van der Waals surface area contributed by atoms with E-state index in [0.29, 0.717) is 11.8 Å². The van der Waals surface area contributed by atoms with E-state index in [-0.39, 0.29) is 0 Å². The standard InChI is InChI=1S/C17H21N3O3/c1-21-14-6-4-5-13(17(14)23-3)12-7-8-20(10-12)15-9-16(22-2)19-11-18-15/h4-6,9,11-12H,7-8,10H2,1-3H3. The van der Waals surface area contributed by atoms with Gasteiger partial charge >= 0.3 is 0 Å². The van der Waals surface area contributed by atoms with Gasteiger partial charge in [-0.1, -0.05) is 12.1 Å². The summed E-state index contributed by atoms with van der Waals surface area (Å²) in [5.41, 5.74) is 1.18. The first kappa shape index (κ1) is 15.4. The molecular weight excluding hydrogens is 294 g/mol. The van der Waals surface area contributed by atoms with Gasteiger partial charge in [-0.15, -0.1) is 0 Å². The second kappa shape index (κ2) is 6.73. The van der Waals surface area contributed by atoms with Crippen LogP contribution >= 0.6 is 0 Å². The van der Waals surface area contributed by atoms with Crippen molar-refractivity contribution in [3.05, 3.63) is 36.2 Å². The molecule has 0 amide bonds. The maximum atomic E-state index is 5.57. The fraction of sp³-hybridized carbons (Fsp3) is 0.412. The van der Waals surface area contributed by atoms with Crippen molar-refractivity contribution in [3.63, 3.8) is 0 Å². The van der Waals surface area contributed by atoms with Gasteiger partial charge in [-0.2, -0.15) is 0 Å². The molecule has 1 aliphatic rings. The number of hydrogen-bond acceptors (Lipinski definition) is 6. The summed E-state index contributed by atoms with van der Waals surface area (Å²) in [7, 11) is 4.96. The lowest BCUT2D eigenvalue weighted by Gasteiger charge is -2.19. The van der Waals surface area contributed by atoms with Crippen LogP contribution in [0.2, 0.25) is 0 Å². The zero-order valence-corrected chi connectivity index (χ0v) is 13.7. The zero-order chi connectivity index (χ0) is 16.2. The molecule has 6 nitrogen and oxygen atoms in total. The van der Waals surface area contributed by atoms with Gasteiger partial charge in [0.15, 0.2) is 11.5 Å². The highest BCUT2D eigenvalue weighted by Gasteiger charge is 2.28. The molecule has 1 aromatic heterocycles. The molecular formula is C17H21N3O3. The highest BCUT2D eigenvalue weighted by Crippen LogP contribution is 2.40. The van der Waals surface area contributed by atoms with Crippen LogP contribution in [0.15, 0.2) is 30.6 Å². The molecule has 1 saturated heterocycles. The molecule has 0 aliphatic carbocycles. The molecule has 0 radical (unpaired) electrons. The average Bonchev–Trinajstić information content (AvgIpc) is 3.10. The third-order valence-corrected chi connectivity index (χ3v) is 4.22. The molecule has 122 valence electrons. The number of aromatic nitrogens is 2. The second-order valence-electron chi connectivity index (χ2n) is 5.43. The Kier molecular flexibility index (Phi) is 4.50. The predicted molar refractivity (Wildman–Crippen MR) is 87.7 cm³/mol. The fourth-order valence-electron chi connectivity index (χ4n) is 3.07. The Hall–Kier alpha value is -2.50. The second-order valence-corrected chi connectivity index (χ2v) is 5.43. The average molecular weight is 315 g/mol. The van der Waals surface area contributed by atoms with Crippen molar-refractivity contribution in [1.29, 1.82) is 0 Å². The normalized spacial score (nSPS) is 17.2. The first-order chi connectivity index (χ1) is 11.3. The molecule has 0 saturated carbocycles. The van der Waals surface area contributed by atoms with Crippen molar-refractivity contribution in [2.75, 3.05) is 39.3 Å². The van der Waals surface area contributed by atoms with Crippen molar-refractivity contribution >= 4 is 5.82 Å². The van der Waals surface area contributed by atoms with Crippen LogP contribution in [0, 0.1) is 0 Å². The number of para-hydroxylation sites is 1. The van der Waals surface area contributed by atoms with Crippen LogP contribution in [0.4, 0.5) is 5.82 Å². The molecule has 1 aliphatic heterocycles. The highest BCUT2D eigenvalue weighted by molar-refractivity contribution is 5.51. The van der Waals surface area contributed by atoms with Gasteiger partial charge in [-0.05, 0) is 12.5 Å². The number of rotatable bonds is 5. The fourth-order valence-corrected chi connectivity index (χ4v) is 3.07. The van der Waals surface area contributed by atoms with E-state index >= 15 is 0 Å². The number of nitrogens with zero attached hydrogens (tertiary/aromatic N) is 3. The summed E-state index contributed by atoms with van der Waals surface area (Å²) in [6.45, 7) is 1.81. The van der Waals surface area contributed by atoms with E-state index in [4.69, 9.17) is 14.2 Å². The van der Waals surface area contributed by atoms with Gasteiger partial charge in [0.25, 0.3) is 0 Å². The monoisotopic (exact) mass is 315 g/mol. The van der Waals surface area contributed by atoms with E-state index in [1.54, 1.807) is 21.3 Å². The Balaban J connectivity index is 1.82. The number of ether oxygens (including phenoxy) is 3. The first-order valence-electron chi connectivity index (χ1n) is 7.58. The smallest absolute Gasteiger partial charge is 0.218 e. The number of hydrogen-bond donors (Lipinski definition) is 0. The Morgan fingerprint density at radius 2 is 1.96 bits per heavy atom. The van der Waals surface area contributed by atoms with E-state index in [1.165, 1.54) is 11.9 Å². The molecule has 1 aromatic carbocycles. The SMILES string of the molecule is COc1cc(N2CCC(c3cccc(OC)c3OC)C2)ncn1. The van der Waals surface area contributed by atoms with Gasteiger partial charge in [0, 0.05) is 30.6 Å². The summed E-state index contributed by atoms with van der Waals surface area (Å²) in [6.07, 6.45) is 2.57. The summed E-state index contributed by atoms with van der Waals surface area (Å²) in [5, 5.41) is 0. The van der Waals surface area contributed by atoms with Crippen molar-refractivity contribution < 1.29 is 14.2 Å². The maximum absolute atomic E-state index is 5.57. The largest absolute Gasteiger partial charge is 0.493 e. The Labute approximate surface area is 136 Å². The van der Waals surface area contributed by atoms with E-state index < -0.39 is 0 Å². The van der Waals surface area contributed by atoms with E-state index in [2.05, 4.69) is 20.9 Å². The van der Waals surface area contributed by atoms with Gasteiger partial charge in [0.2, 0.25) is 5.88 Å². The lowest BCUT2D eigenvalue weighted by molar-refractivity contribution is 0.350. The van der Waals surface area contributed by atoms with Gasteiger partial charge < -0.3 is 19.1 Å². The van der Waals surface area contributed by atoms with Crippen LogP contribution in [0.1, 0.15) is 17.9 Å². The molecule has 2 heterocycles. The Bertz CT molecular complexity index is 678. The number of anilines is 1. The molecule has 1 atom stereocenters. The molecule has 3 rings (SSSR count). The topological polar surface area (TPSA) is 56.7 Å². The summed E-state index contributed by atoms with van der Waals surface area (Å²) in [6, 6.07) is 7.90. The molecule has 23 heavy (non-hydrogen) atoms. The van der Waals surface area contributed by atoms with Crippen molar-refractivity contribution in [2.45, 2.75) is 12.3 Å². The van der Waals surface area contributed by atoms with Crippen LogP contribution in [0.3, 0.4) is 0 Å². The van der Waals surface area contributed by atoms with Gasteiger partial charge in [-0.3, -0.25) is 0 Å². The number of methoxy groups -OCH3 is 3. The van der Waals surface area contributed by atoms with Gasteiger partial charge in [0.1, 0.15) is 12.1 Å². The van der Waals surface area contributed by atoms with Gasteiger partial charge in [-0.25, -0.2) is 9.97 Å². The highest BCUT2D eigenvalue weighted by atomic mass is 16.5. The molecule has 2 aromatic rings. The molecule has 1 unspecified atom stereocenters. The van der Waals surface area contributed by atoms with Crippen molar-refractivity contribution in [2.24, 2.45) is 0 Å². The molecule has 0 spiro atoms. The van der Waals surface area contributed by atoms with Crippen LogP contribution in [0.5, 0.6) is 17.4 Å². The van der Waals surface area contributed by atoms with Crippen LogP contribution < -0.4 is 19.1 Å². The predicted octanol–water partition coefficient (Wildman–Crippen LogP) is 2.50. The molecule has 0 N–H and O–H groups in total. The van der Waals surface area contributed by atoms with Crippen molar-refractivity contribution in [1.82, 2.24) is 9.97 Å². The van der Waals surface area contributed by atoms with Crippen LogP contribution in [-0.4, -0.2) is 44.4 Å². The molecule has 0 bridgehead atoms. The minimum Gasteiger partial charge on any atom is -0.493 e.